The number of rotatable bonds is 5. The highest BCUT2D eigenvalue weighted by molar-refractivity contribution is 5.79. The first kappa shape index (κ1) is 20.5. The lowest BCUT2D eigenvalue weighted by Gasteiger charge is -2.44. The van der Waals surface area contributed by atoms with Crippen LogP contribution < -0.4 is 5.32 Å². The van der Waals surface area contributed by atoms with Crippen LogP contribution in [0.1, 0.15) is 40.0 Å². The van der Waals surface area contributed by atoms with Crippen LogP contribution in [-0.2, 0) is 9.53 Å². The largest absolute Gasteiger partial charge is 0.379 e. The molecule has 152 valence electrons. The van der Waals surface area contributed by atoms with Crippen molar-refractivity contribution in [1.82, 2.24) is 15.1 Å². The lowest BCUT2D eigenvalue weighted by atomic mass is 9.71. The zero-order chi connectivity index (χ0) is 19.7. The van der Waals surface area contributed by atoms with Gasteiger partial charge in [-0.05, 0) is 31.1 Å². The summed E-state index contributed by atoms with van der Waals surface area (Å²) in [4.78, 5) is 16.5. The summed E-state index contributed by atoms with van der Waals surface area (Å²) in [6.07, 6.45) is 1.18. The Kier molecular flexibility index (Phi) is 6.09. The van der Waals surface area contributed by atoms with Gasteiger partial charge in [-0.1, -0.05) is 13.8 Å². The molecule has 6 nitrogen and oxygen atoms in total. The molecule has 3 aliphatic rings. The van der Waals surface area contributed by atoms with Crippen molar-refractivity contribution in [3.63, 3.8) is 0 Å². The quantitative estimate of drug-likeness (QED) is 0.784. The Morgan fingerprint density at radius 2 is 2.04 bits per heavy atom. The Labute approximate surface area is 162 Å². The molecule has 0 radical (unpaired) electrons. The average Bonchev–Trinajstić information content (AvgIpc) is 3.13. The van der Waals surface area contributed by atoms with Crippen molar-refractivity contribution in [3.05, 3.63) is 0 Å². The van der Waals surface area contributed by atoms with Crippen LogP contribution in [-0.4, -0.2) is 79.4 Å². The summed E-state index contributed by atoms with van der Waals surface area (Å²) in [5.41, 5.74) is -0.121. The van der Waals surface area contributed by atoms with Crippen molar-refractivity contribution in [3.8, 4) is 6.07 Å². The predicted molar refractivity (Wildman–Crippen MR) is 101 cm³/mol. The first-order valence-electron chi connectivity index (χ1n) is 10.1. The fraction of sp³-hybridized carbons (Fsp3) is 0.900. The minimum Gasteiger partial charge on any atom is -0.379 e. The molecule has 1 aliphatic carbocycles. The maximum atomic E-state index is 13.6. The smallest absolute Gasteiger partial charge is 0.237 e. The van der Waals surface area contributed by atoms with E-state index in [1.165, 1.54) is 4.90 Å². The van der Waals surface area contributed by atoms with Gasteiger partial charge in [0, 0.05) is 31.6 Å². The number of hydrogen-bond acceptors (Lipinski definition) is 5. The van der Waals surface area contributed by atoms with E-state index >= 15 is 0 Å². The average molecular weight is 381 g/mol. The number of hydrogen-bond donors (Lipinski definition) is 1. The highest BCUT2D eigenvalue weighted by Gasteiger charge is 2.51. The summed E-state index contributed by atoms with van der Waals surface area (Å²) in [5, 5.41) is 12.6. The van der Waals surface area contributed by atoms with E-state index in [0.29, 0.717) is 5.92 Å². The van der Waals surface area contributed by atoms with Crippen molar-refractivity contribution in [2.45, 2.75) is 57.8 Å². The van der Waals surface area contributed by atoms with Crippen LogP contribution >= 0.6 is 0 Å². The van der Waals surface area contributed by atoms with E-state index in [9.17, 15) is 9.18 Å². The molecule has 0 aromatic carbocycles. The van der Waals surface area contributed by atoms with Gasteiger partial charge >= 0.3 is 0 Å². The van der Waals surface area contributed by atoms with E-state index in [0.717, 1.165) is 45.7 Å². The summed E-state index contributed by atoms with van der Waals surface area (Å²) >= 11 is 0. The maximum absolute atomic E-state index is 13.6. The second-order valence-corrected chi connectivity index (χ2v) is 9.08. The SMILES string of the molecule is CC1(NCC(=O)N2CC(F)CC2C#N)CCC(CN2CCOCC2)C1(C)C. The van der Waals surface area contributed by atoms with Crippen LogP contribution in [0.25, 0.3) is 0 Å². The van der Waals surface area contributed by atoms with Gasteiger partial charge in [-0.2, -0.15) is 5.26 Å². The van der Waals surface area contributed by atoms with Gasteiger partial charge in [0.05, 0.1) is 32.4 Å². The van der Waals surface area contributed by atoms with Gasteiger partial charge < -0.3 is 15.0 Å². The van der Waals surface area contributed by atoms with Crippen molar-refractivity contribution in [1.29, 1.82) is 5.26 Å². The Morgan fingerprint density at radius 3 is 2.70 bits per heavy atom. The molecule has 2 saturated heterocycles. The third-order valence-corrected chi connectivity index (χ3v) is 7.37. The molecule has 2 aliphatic heterocycles. The Morgan fingerprint density at radius 1 is 1.33 bits per heavy atom. The van der Waals surface area contributed by atoms with E-state index in [-0.39, 0.29) is 36.4 Å². The van der Waals surface area contributed by atoms with Crippen LogP contribution in [0.5, 0.6) is 0 Å². The number of morpholine rings is 1. The normalized spacial score (nSPS) is 36.7. The van der Waals surface area contributed by atoms with E-state index in [1.807, 2.05) is 0 Å². The van der Waals surface area contributed by atoms with Gasteiger partial charge in [-0.15, -0.1) is 0 Å². The number of nitriles is 1. The molecular weight excluding hydrogens is 347 g/mol. The van der Waals surface area contributed by atoms with Crippen LogP contribution in [0.15, 0.2) is 0 Å². The van der Waals surface area contributed by atoms with Crippen LogP contribution in [0, 0.1) is 22.7 Å². The van der Waals surface area contributed by atoms with Gasteiger partial charge in [0.25, 0.3) is 0 Å². The molecule has 1 amide bonds. The minimum atomic E-state index is -1.09. The first-order valence-corrected chi connectivity index (χ1v) is 10.1. The molecule has 1 saturated carbocycles. The molecule has 7 heteroatoms. The molecule has 27 heavy (non-hydrogen) atoms. The van der Waals surface area contributed by atoms with Crippen molar-refractivity contribution in [2.75, 3.05) is 45.9 Å². The molecule has 0 aromatic heterocycles. The number of alkyl halides is 1. The molecule has 1 N–H and O–H groups in total. The van der Waals surface area contributed by atoms with E-state index < -0.39 is 12.2 Å². The van der Waals surface area contributed by atoms with Crippen molar-refractivity contribution < 1.29 is 13.9 Å². The number of likely N-dealkylation sites (tertiary alicyclic amines) is 1. The maximum Gasteiger partial charge on any atom is 0.237 e. The molecular formula is C20H33FN4O2. The molecule has 3 fully saturated rings. The predicted octanol–water partition coefficient (Wildman–Crippen LogP) is 1.57. The first-order chi connectivity index (χ1) is 12.8. The molecule has 0 spiro atoms. The van der Waals surface area contributed by atoms with E-state index in [1.54, 1.807) is 0 Å². The number of carbonyl (C=O) groups is 1. The topological polar surface area (TPSA) is 68.6 Å². The minimum absolute atomic E-state index is 0.0356. The summed E-state index contributed by atoms with van der Waals surface area (Å²) in [7, 11) is 0. The molecule has 0 bridgehead atoms. The number of nitrogens with zero attached hydrogens (tertiary/aromatic N) is 3. The summed E-state index contributed by atoms with van der Waals surface area (Å²) < 4.78 is 19.1. The highest BCUT2D eigenvalue weighted by Crippen LogP contribution is 2.50. The van der Waals surface area contributed by atoms with Gasteiger partial charge in [-0.3, -0.25) is 9.69 Å². The number of carbonyl (C=O) groups excluding carboxylic acids is 1. The Bertz CT molecular complexity index is 587. The van der Waals surface area contributed by atoms with Crippen molar-refractivity contribution >= 4 is 5.91 Å². The zero-order valence-corrected chi connectivity index (χ0v) is 16.8. The van der Waals surface area contributed by atoms with Crippen molar-refractivity contribution in [2.24, 2.45) is 11.3 Å². The molecule has 0 aromatic rings. The number of amides is 1. The lowest BCUT2D eigenvalue weighted by Crippen LogP contribution is -2.56. The molecule has 4 unspecified atom stereocenters. The number of halogens is 1. The zero-order valence-electron chi connectivity index (χ0n) is 16.8. The molecule has 3 rings (SSSR count). The van der Waals surface area contributed by atoms with E-state index in [2.05, 4.69) is 37.1 Å². The Hall–Kier alpha value is -1.23. The second-order valence-electron chi connectivity index (χ2n) is 9.08. The number of nitrogens with one attached hydrogen (secondary N) is 1. The highest BCUT2D eigenvalue weighted by atomic mass is 19.1. The Balaban J connectivity index is 1.57. The molecule has 2 heterocycles. The van der Waals surface area contributed by atoms with Gasteiger partial charge in [0.2, 0.25) is 5.91 Å². The standard InChI is InChI=1S/C20H33FN4O2/c1-19(2)15(13-24-6-8-27-9-7-24)4-5-20(19,3)23-12-18(26)25-14-16(21)10-17(25)11-22/h15-17,23H,4-10,12-14H2,1-3H3. The fourth-order valence-corrected chi connectivity index (χ4v) is 4.88. The van der Waals surface area contributed by atoms with Gasteiger partial charge in [0.15, 0.2) is 0 Å². The van der Waals surface area contributed by atoms with Crippen LogP contribution in [0.2, 0.25) is 0 Å². The van der Waals surface area contributed by atoms with E-state index in [4.69, 9.17) is 10.00 Å². The third-order valence-electron chi connectivity index (χ3n) is 7.37. The number of ether oxygens (including phenoxy) is 1. The second kappa shape index (κ2) is 8.02. The monoisotopic (exact) mass is 380 g/mol. The summed E-state index contributed by atoms with van der Waals surface area (Å²) in [5.74, 6) is 0.382. The summed E-state index contributed by atoms with van der Waals surface area (Å²) in [6.45, 7) is 11.6. The third kappa shape index (κ3) is 4.13. The fourth-order valence-electron chi connectivity index (χ4n) is 4.88. The molecule has 4 atom stereocenters. The van der Waals surface area contributed by atoms with Gasteiger partial charge in [-0.25, -0.2) is 4.39 Å². The van der Waals surface area contributed by atoms with Crippen LogP contribution in [0.4, 0.5) is 4.39 Å². The van der Waals surface area contributed by atoms with Crippen LogP contribution in [0.3, 0.4) is 0 Å². The summed E-state index contributed by atoms with van der Waals surface area (Å²) in [6, 6.07) is 1.42. The lowest BCUT2D eigenvalue weighted by molar-refractivity contribution is -0.131. The van der Waals surface area contributed by atoms with Gasteiger partial charge in [0.1, 0.15) is 12.2 Å².